The van der Waals surface area contributed by atoms with Gasteiger partial charge >= 0.3 is 0 Å². The van der Waals surface area contributed by atoms with E-state index in [0.29, 0.717) is 17.1 Å². The highest BCUT2D eigenvalue weighted by atomic mass is 19.1. The maximum absolute atomic E-state index is 14.0. The molecule has 1 rings (SSSR count). The van der Waals surface area contributed by atoms with Gasteiger partial charge in [0.05, 0.1) is 14.2 Å². The van der Waals surface area contributed by atoms with Gasteiger partial charge in [-0.25, -0.2) is 4.39 Å². The van der Waals surface area contributed by atoms with E-state index >= 15 is 0 Å². The maximum Gasteiger partial charge on any atom is 0.171 e. The second-order valence-corrected chi connectivity index (χ2v) is 3.96. The normalized spacial score (nSPS) is 10.5. The van der Waals surface area contributed by atoms with E-state index in [2.05, 4.69) is 5.32 Å². The number of hydrogen-bond donors (Lipinski definition) is 1. The van der Waals surface area contributed by atoms with Crippen molar-refractivity contribution in [1.29, 1.82) is 0 Å². The van der Waals surface area contributed by atoms with Gasteiger partial charge in [0.2, 0.25) is 0 Å². The van der Waals surface area contributed by atoms with Crippen LogP contribution in [0.5, 0.6) is 11.5 Å². The Kier molecular flexibility index (Phi) is 4.75. The van der Waals surface area contributed by atoms with E-state index in [0.717, 1.165) is 24.1 Å². The molecule has 0 bridgehead atoms. The summed E-state index contributed by atoms with van der Waals surface area (Å²) in [6.07, 6.45) is 0.781. The summed E-state index contributed by atoms with van der Waals surface area (Å²) in [6, 6.07) is 0. The third-order valence-electron chi connectivity index (χ3n) is 2.97. The largest absolute Gasteiger partial charge is 0.496 e. The number of methoxy groups -OCH3 is 2. The Balaban J connectivity index is 3.38. The van der Waals surface area contributed by atoms with Crippen molar-refractivity contribution in [2.75, 3.05) is 27.8 Å². The van der Waals surface area contributed by atoms with E-state index in [1.165, 1.54) is 7.11 Å². The first-order valence-corrected chi connectivity index (χ1v) is 5.62. The van der Waals surface area contributed by atoms with Crippen LogP contribution in [0.15, 0.2) is 0 Å². The summed E-state index contributed by atoms with van der Waals surface area (Å²) in [5, 5.41) is 3.08. The fraction of sp³-hybridized carbons (Fsp3) is 0.538. The van der Waals surface area contributed by atoms with Crippen LogP contribution in [0, 0.1) is 19.7 Å². The Hall–Kier alpha value is -1.29. The molecule has 0 aliphatic heterocycles. The fourth-order valence-corrected chi connectivity index (χ4v) is 2.04. The van der Waals surface area contributed by atoms with Crippen LogP contribution in [-0.4, -0.2) is 27.8 Å². The standard InChI is InChI=1S/C13H20FNO2/c1-8-10(6-7-15-3)12(16-4)9(2)11(14)13(8)17-5/h15H,6-7H2,1-5H3. The van der Waals surface area contributed by atoms with Crippen molar-refractivity contribution in [3.8, 4) is 11.5 Å². The lowest BCUT2D eigenvalue weighted by molar-refractivity contribution is 0.367. The summed E-state index contributed by atoms with van der Waals surface area (Å²) in [5.74, 6) is 0.598. The third-order valence-corrected chi connectivity index (χ3v) is 2.97. The number of likely N-dealkylation sites (N-methyl/N-ethyl adjacent to an activating group) is 1. The van der Waals surface area contributed by atoms with E-state index in [4.69, 9.17) is 9.47 Å². The average Bonchev–Trinajstić information content (AvgIpc) is 2.33. The van der Waals surface area contributed by atoms with Crippen LogP contribution in [0.1, 0.15) is 16.7 Å². The number of hydrogen-bond acceptors (Lipinski definition) is 3. The number of halogens is 1. The Morgan fingerprint density at radius 1 is 1.06 bits per heavy atom. The smallest absolute Gasteiger partial charge is 0.171 e. The van der Waals surface area contributed by atoms with Crippen LogP contribution in [0.4, 0.5) is 4.39 Å². The number of rotatable bonds is 5. The van der Waals surface area contributed by atoms with E-state index < -0.39 is 0 Å². The second-order valence-electron chi connectivity index (χ2n) is 3.96. The molecule has 0 spiro atoms. The average molecular weight is 241 g/mol. The highest BCUT2D eigenvalue weighted by Crippen LogP contribution is 2.36. The molecule has 0 aliphatic rings. The van der Waals surface area contributed by atoms with Crippen LogP contribution in [0.25, 0.3) is 0 Å². The van der Waals surface area contributed by atoms with E-state index in [-0.39, 0.29) is 5.82 Å². The molecule has 4 heteroatoms. The van der Waals surface area contributed by atoms with Crippen LogP contribution < -0.4 is 14.8 Å². The minimum absolute atomic E-state index is 0.314. The van der Waals surface area contributed by atoms with E-state index in [1.807, 2.05) is 14.0 Å². The van der Waals surface area contributed by atoms with Gasteiger partial charge in [-0.05, 0) is 33.9 Å². The minimum Gasteiger partial charge on any atom is -0.496 e. The highest BCUT2D eigenvalue weighted by molar-refractivity contribution is 5.54. The molecule has 0 atom stereocenters. The summed E-state index contributed by atoms with van der Waals surface area (Å²) in [4.78, 5) is 0. The van der Waals surface area contributed by atoms with Gasteiger partial charge in [-0.1, -0.05) is 0 Å². The Bertz CT molecular complexity index is 405. The molecule has 96 valence electrons. The van der Waals surface area contributed by atoms with Gasteiger partial charge in [-0.3, -0.25) is 0 Å². The molecule has 0 unspecified atom stereocenters. The maximum atomic E-state index is 14.0. The zero-order valence-corrected chi connectivity index (χ0v) is 11.1. The lowest BCUT2D eigenvalue weighted by Crippen LogP contribution is -2.13. The van der Waals surface area contributed by atoms with Gasteiger partial charge in [0, 0.05) is 16.7 Å². The predicted molar refractivity (Wildman–Crippen MR) is 66.6 cm³/mol. The number of ether oxygens (including phenoxy) is 2. The topological polar surface area (TPSA) is 30.5 Å². The first kappa shape index (κ1) is 13.8. The molecule has 3 nitrogen and oxygen atoms in total. The lowest BCUT2D eigenvalue weighted by atomic mass is 9.99. The third kappa shape index (κ3) is 2.52. The highest BCUT2D eigenvalue weighted by Gasteiger charge is 2.20. The van der Waals surface area contributed by atoms with Crippen molar-refractivity contribution in [1.82, 2.24) is 5.32 Å². The quantitative estimate of drug-likeness (QED) is 0.857. The Labute approximate surface area is 102 Å². The van der Waals surface area contributed by atoms with Crippen LogP contribution >= 0.6 is 0 Å². The molecule has 0 saturated carbocycles. The first-order valence-electron chi connectivity index (χ1n) is 5.62. The second kappa shape index (κ2) is 5.87. The van der Waals surface area contributed by atoms with Crippen molar-refractivity contribution >= 4 is 0 Å². The van der Waals surface area contributed by atoms with Gasteiger partial charge in [-0.2, -0.15) is 0 Å². The predicted octanol–water partition coefficient (Wildman–Crippen LogP) is 2.22. The van der Waals surface area contributed by atoms with Crippen LogP contribution in [-0.2, 0) is 6.42 Å². The van der Waals surface area contributed by atoms with Crippen molar-refractivity contribution in [3.63, 3.8) is 0 Å². The molecule has 0 amide bonds. The molecule has 0 heterocycles. The minimum atomic E-state index is -0.338. The van der Waals surface area contributed by atoms with Gasteiger partial charge in [0.1, 0.15) is 5.75 Å². The molecule has 17 heavy (non-hydrogen) atoms. The van der Waals surface area contributed by atoms with Crippen molar-refractivity contribution in [2.24, 2.45) is 0 Å². The first-order chi connectivity index (χ1) is 8.08. The van der Waals surface area contributed by atoms with Gasteiger partial charge in [-0.15, -0.1) is 0 Å². The number of nitrogens with one attached hydrogen (secondary N) is 1. The number of benzene rings is 1. The molecular weight excluding hydrogens is 221 g/mol. The molecule has 0 aromatic heterocycles. The van der Waals surface area contributed by atoms with E-state index in [1.54, 1.807) is 14.0 Å². The summed E-state index contributed by atoms with van der Waals surface area (Å²) in [6.45, 7) is 4.37. The summed E-state index contributed by atoms with van der Waals surface area (Å²) in [7, 11) is 4.94. The Morgan fingerprint density at radius 3 is 2.12 bits per heavy atom. The molecular formula is C13H20FNO2. The molecule has 0 fully saturated rings. The Morgan fingerprint density at radius 2 is 1.65 bits per heavy atom. The monoisotopic (exact) mass is 241 g/mol. The zero-order chi connectivity index (χ0) is 13.0. The molecule has 1 aromatic carbocycles. The molecule has 1 N–H and O–H groups in total. The fourth-order valence-electron chi connectivity index (χ4n) is 2.04. The lowest BCUT2D eigenvalue weighted by Gasteiger charge is -2.18. The molecule has 0 saturated heterocycles. The van der Waals surface area contributed by atoms with Crippen LogP contribution in [0.3, 0.4) is 0 Å². The van der Waals surface area contributed by atoms with Crippen molar-refractivity contribution in [2.45, 2.75) is 20.3 Å². The SMILES string of the molecule is CNCCc1c(C)c(OC)c(F)c(C)c1OC. The zero-order valence-electron chi connectivity index (χ0n) is 11.1. The van der Waals surface area contributed by atoms with Crippen molar-refractivity contribution in [3.05, 3.63) is 22.5 Å². The van der Waals surface area contributed by atoms with Crippen LogP contribution in [0.2, 0.25) is 0 Å². The van der Waals surface area contributed by atoms with E-state index in [9.17, 15) is 4.39 Å². The summed E-state index contributed by atoms with van der Waals surface area (Å²) < 4.78 is 24.4. The van der Waals surface area contributed by atoms with Gasteiger partial charge in [0.25, 0.3) is 0 Å². The molecule has 0 radical (unpaired) electrons. The summed E-state index contributed by atoms with van der Waals surface area (Å²) >= 11 is 0. The molecule has 0 aliphatic carbocycles. The molecule has 1 aromatic rings. The van der Waals surface area contributed by atoms with Gasteiger partial charge in [0.15, 0.2) is 11.6 Å². The summed E-state index contributed by atoms with van der Waals surface area (Å²) in [5.41, 5.74) is 2.31. The van der Waals surface area contributed by atoms with Gasteiger partial charge < -0.3 is 14.8 Å². The van der Waals surface area contributed by atoms with Crippen molar-refractivity contribution < 1.29 is 13.9 Å².